The summed E-state index contributed by atoms with van der Waals surface area (Å²) >= 11 is 0. The van der Waals surface area contributed by atoms with Crippen LogP contribution in [0.25, 0.3) is 0 Å². The van der Waals surface area contributed by atoms with E-state index in [1.165, 1.54) is 26.1 Å². The summed E-state index contributed by atoms with van der Waals surface area (Å²) in [5.74, 6) is 4.34. The normalized spacial score (nSPS) is 12.9. The molecule has 1 unspecified atom stereocenters. The van der Waals surface area contributed by atoms with E-state index in [1.807, 2.05) is 0 Å². The van der Waals surface area contributed by atoms with Crippen LogP contribution in [0.3, 0.4) is 0 Å². The van der Waals surface area contributed by atoms with E-state index < -0.39 is 21.9 Å². The highest BCUT2D eigenvalue weighted by Gasteiger charge is 2.22. The Balaban J connectivity index is 3.06. The van der Waals surface area contributed by atoms with E-state index in [-0.39, 0.29) is 30.0 Å². The average Bonchev–Trinajstić information content (AvgIpc) is 2.39. The summed E-state index contributed by atoms with van der Waals surface area (Å²) in [5, 5.41) is 17.8. The lowest BCUT2D eigenvalue weighted by Gasteiger charge is -2.18. The molecule has 5 nitrogen and oxygen atoms in total. The molecule has 0 saturated heterocycles. The zero-order valence-electron chi connectivity index (χ0n) is 11.9. The Morgan fingerprint density at radius 2 is 2.10 bits per heavy atom. The van der Waals surface area contributed by atoms with Crippen molar-refractivity contribution in [3.05, 3.63) is 29.6 Å². The number of aliphatic hydroxyl groups excluding tert-OH is 2. The number of benzene rings is 1. The number of halogens is 1. The highest BCUT2D eigenvalue weighted by atomic mass is 32.2. The van der Waals surface area contributed by atoms with Crippen molar-refractivity contribution in [3.8, 4) is 11.8 Å². The molecule has 0 radical (unpaired) electrons. The van der Waals surface area contributed by atoms with E-state index in [2.05, 4.69) is 11.8 Å². The minimum Gasteiger partial charge on any atom is -0.395 e. The Labute approximate surface area is 124 Å². The Morgan fingerprint density at radius 3 is 2.62 bits per heavy atom. The van der Waals surface area contributed by atoms with Crippen LogP contribution in [-0.4, -0.2) is 49.2 Å². The molecule has 116 valence electrons. The SMILES string of the molecule is CC(O)CN(C)S(=O)(=O)c1ccc(C#CCCO)c(F)c1. The molecule has 1 aromatic carbocycles. The van der Waals surface area contributed by atoms with Gasteiger partial charge in [0.25, 0.3) is 0 Å². The van der Waals surface area contributed by atoms with Gasteiger partial charge < -0.3 is 10.2 Å². The van der Waals surface area contributed by atoms with Crippen LogP contribution in [0, 0.1) is 17.7 Å². The zero-order chi connectivity index (χ0) is 16.0. The third kappa shape index (κ3) is 4.79. The number of hydrogen-bond donors (Lipinski definition) is 2. The fourth-order valence-corrected chi connectivity index (χ4v) is 2.89. The summed E-state index contributed by atoms with van der Waals surface area (Å²) in [5.41, 5.74) is 0.0700. The molecule has 2 N–H and O–H groups in total. The van der Waals surface area contributed by atoms with Gasteiger partial charge in [-0.3, -0.25) is 0 Å². The highest BCUT2D eigenvalue weighted by Crippen LogP contribution is 2.18. The van der Waals surface area contributed by atoms with Gasteiger partial charge in [-0.2, -0.15) is 4.31 Å². The lowest BCUT2D eigenvalue weighted by molar-refractivity contribution is 0.171. The molecular formula is C14H18FNO4S. The molecule has 0 bridgehead atoms. The average molecular weight is 315 g/mol. The molecule has 1 aromatic rings. The number of rotatable bonds is 5. The van der Waals surface area contributed by atoms with Gasteiger partial charge in [0.15, 0.2) is 0 Å². The predicted octanol–water partition coefficient (Wildman–Crippen LogP) is 0.561. The number of nitrogens with zero attached hydrogens (tertiary/aromatic N) is 1. The molecule has 0 aliphatic carbocycles. The van der Waals surface area contributed by atoms with Crippen molar-refractivity contribution in [2.24, 2.45) is 0 Å². The molecule has 1 rings (SSSR count). The Morgan fingerprint density at radius 1 is 1.43 bits per heavy atom. The van der Waals surface area contributed by atoms with Crippen LogP contribution in [0.2, 0.25) is 0 Å². The van der Waals surface area contributed by atoms with E-state index in [9.17, 15) is 17.9 Å². The van der Waals surface area contributed by atoms with Gasteiger partial charge in [-0.15, -0.1) is 0 Å². The van der Waals surface area contributed by atoms with Crippen LogP contribution in [0.1, 0.15) is 18.9 Å². The topological polar surface area (TPSA) is 77.8 Å². The minimum atomic E-state index is -3.85. The van der Waals surface area contributed by atoms with Gasteiger partial charge >= 0.3 is 0 Å². The summed E-state index contributed by atoms with van der Waals surface area (Å²) in [7, 11) is -2.54. The lowest BCUT2D eigenvalue weighted by atomic mass is 10.2. The maximum atomic E-state index is 13.8. The smallest absolute Gasteiger partial charge is 0.243 e. The molecular weight excluding hydrogens is 297 g/mol. The molecule has 1 atom stereocenters. The zero-order valence-corrected chi connectivity index (χ0v) is 12.7. The first-order chi connectivity index (χ1) is 9.78. The van der Waals surface area contributed by atoms with Crippen molar-refractivity contribution >= 4 is 10.0 Å². The Kier molecular flexibility index (Phi) is 6.30. The fourth-order valence-electron chi connectivity index (χ4n) is 1.62. The molecule has 0 aliphatic heterocycles. The third-order valence-corrected chi connectivity index (χ3v) is 4.45. The number of hydrogen-bond acceptors (Lipinski definition) is 4. The summed E-state index contributed by atoms with van der Waals surface area (Å²) in [4.78, 5) is -0.198. The largest absolute Gasteiger partial charge is 0.395 e. The van der Waals surface area contributed by atoms with Crippen LogP contribution in [0.4, 0.5) is 4.39 Å². The molecule has 0 aromatic heterocycles. The van der Waals surface area contributed by atoms with Gasteiger partial charge in [0, 0.05) is 20.0 Å². The maximum Gasteiger partial charge on any atom is 0.243 e. The third-order valence-electron chi connectivity index (χ3n) is 2.63. The summed E-state index contributed by atoms with van der Waals surface area (Å²) in [6, 6.07) is 3.44. The van der Waals surface area contributed by atoms with Crippen LogP contribution in [-0.2, 0) is 10.0 Å². The number of aliphatic hydroxyl groups is 2. The first kappa shape index (κ1) is 17.6. The highest BCUT2D eigenvalue weighted by molar-refractivity contribution is 7.89. The monoisotopic (exact) mass is 315 g/mol. The van der Waals surface area contributed by atoms with Gasteiger partial charge in [0.05, 0.1) is 23.2 Å². The van der Waals surface area contributed by atoms with E-state index in [4.69, 9.17) is 5.11 Å². The molecule has 7 heteroatoms. The van der Waals surface area contributed by atoms with Crippen molar-refractivity contribution in [1.82, 2.24) is 4.31 Å². The second-order valence-corrected chi connectivity index (χ2v) is 6.60. The Hall–Kier alpha value is -1.46. The number of sulfonamides is 1. The fraction of sp³-hybridized carbons (Fsp3) is 0.429. The summed E-state index contributed by atoms with van der Waals surface area (Å²) in [6.45, 7) is 1.26. The molecule has 0 spiro atoms. The van der Waals surface area contributed by atoms with E-state index in [1.54, 1.807) is 0 Å². The van der Waals surface area contributed by atoms with Gasteiger partial charge in [-0.05, 0) is 25.1 Å². The lowest BCUT2D eigenvalue weighted by Crippen LogP contribution is -2.33. The van der Waals surface area contributed by atoms with Gasteiger partial charge in [0.2, 0.25) is 10.0 Å². The first-order valence-corrected chi connectivity index (χ1v) is 7.76. The van der Waals surface area contributed by atoms with Crippen LogP contribution < -0.4 is 0 Å². The quantitative estimate of drug-likeness (QED) is 0.779. The van der Waals surface area contributed by atoms with E-state index in [0.29, 0.717) is 0 Å². The second kappa shape index (κ2) is 7.52. The molecule has 21 heavy (non-hydrogen) atoms. The van der Waals surface area contributed by atoms with Crippen molar-refractivity contribution in [1.29, 1.82) is 0 Å². The van der Waals surface area contributed by atoms with Gasteiger partial charge in [0.1, 0.15) is 5.82 Å². The maximum absolute atomic E-state index is 13.8. The molecule has 0 aliphatic rings. The van der Waals surface area contributed by atoms with Crippen LogP contribution >= 0.6 is 0 Å². The summed E-state index contributed by atoms with van der Waals surface area (Å²) in [6.07, 6.45) is -0.602. The van der Waals surface area contributed by atoms with E-state index >= 15 is 0 Å². The number of likely N-dealkylation sites (N-methyl/N-ethyl adjacent to an activating group) is 1. The predicted molar refractivity (Wildman–Crippen MR) is 76.5 cm³/mol. The van der Waals surface area contributed by atoms with Crippen LogP contribution in [0.15, 0.2) is 23.1 Å². The van der Waals surface area contributed by atoms with Crippen LogP contribution in [0.5, 0.6) is 0 Å². The second-order valence-electron chi connectivity index (χ2n) is 4.55. The van der Waals surface area contributed by atoms with E-state index in [0.717, 1.165) is 10.4 Å². The molecule has 0 saturated carbocycles. The Bertz CT molecular complexity index is 647. The molecule has 0 amide bonds. The van der Waals surface area contributed by atoms with Gasteiger partial charge in [-0.25, -0.2) is 12.8 Å². The van der Waals surface area contributed by atoms with Crippen molar-refractivity contribution in [2.45, 2.75) is 24.3 Å². The molecule has 0 heterocycles. The minimum absolute atomic E-state index is 0.0700. The first-order valence-electron chi connectivity index (χ1n) is 6.32. The standard InChI is InChI=1S/C14H18FNO4S/c1-11(18)10-16(2)21(19,20)13-7-6-12(14(15)9-13)5-3-4-8-17/h6-7,9,11,17-18H,4,8,10H2,1-2H3. The summed E-state index contributed by atoms with van der Waals surface area (Å²) < 4.78 is 39.1. The van der Waals surface area contributed by atoms with Gasteiger partial charge in [-0.1, -0.05) is 11.8 Å². The molecule has 0 fully saturated rings. The van der Waals surface area contributed by atoms with Crippen molar-refractivity contribution in [3.63, 3.8) is 0 Å². The van der Waals surface area contributed by atoms with Crippen molar-refractivity contribution in [2.75, 3.05) is 20.2 Å². The van der Waals surface area contributed by atoms with Crippen molar-refractivity contribution < 1.29 is 23.0 Å².